The molecule has 1 saturated heterocycles. The van der Waals surface area contributed by atoms with Crippen LogP contribution in [0.5, 0.6) is 11.5 Å². The molecule has 0 spiro atoms. The summed E-state index contributed by atoms with van der Waals surface area (Å²) in [6.45, 7) is 1.92. The molecule has 2 aromatic carbocycles. The zero-order valence-electron chi connectivity index (χ0n) is 17.1. The van der Waals surface area contributed by atoms with Crippen LogP contribution >= 0.6 is 0 Å². The van der Waals surface area contributed by atoms with Crippen LogP contribution in [0, 0.1) is 0 Å². The van der Waals surface area contributed by atoms with Crippen LogP contribution in [0.3, 0.4) is 0 Å². The number of amides is 2. The van der Waals surface area contributed by atoms with Crippen molar-refractivity contribution in [3.8, 4) is 11.5 Å². The van der Waals surface area contributed by atoms with Gasteiger partial charge in [0.05, 0.1) is 14.2 Å². The third-order valence-corrected chi connectivity index (χ3v) is 5.17. The van der Waals surface area contributed by atoms with Crippen LogP contribution in [0.25, 0.3) is 0 Å². The van der Waals surface area contributed by atoms with Gasteiger partial charge in [0.2, 0.25) is 0 Å². The maximum Gasteiger partial charge on any atom is 0.253 e. The fourth-order valence-corrected chi connectivity index (χ4v) is 3.52. The highest BCUT2D eigenvalue weighted by atomic mass is 16.5. The summed E-state index contributed by atoms with van der Waals surface area (Å²) in [6, 6.07) is 12.5. The van der Waals surface area contributed by atoms with Gasteiger partial charge in [0, 0.05) is 30.8 Å². The van der Waals surface area contributed by atoms with Crippen LogP contribution in [0.15, 0.2) is 42.5 Å². The summed E-state index contributed by atoms with van der Waals surface area (Å²) in [7, 11) is 3.16. The van der Waals surface area contributed by atoms with Gasteiger partial charge in [-0.05, 0) is 48.7 Å². The van der Waals surface area contributed by atoms with Crippen molar-refractivity contribution >= 4 is 11.8 Å². The van der Waals surface area contributed by atoms with Crippen molar-refractivity contribution in [2.45, 2.75) is 32.2 Å². The lowest BCUT2D eigenvalue weighted by atomic mass is 10.1. The molecular formula is C23H28N2O4. The fourth-order valence-electron chi connectivity index (χ4n) is 3.52. The van der Waals surface area contributed by atoms with E-state index in [1.54, 1.807) is 44.6 Å². The second kappa shape index (κ2) is 9.96. The molecule has 2 amide bonds. The van der Waals surface area contributed by atoms with Gasteiger partial charge in [-0.2, -0.15) is 0 Å². The Bertz CT molecular complexity index is 858. The van der Waals surface area contributed by atoms with Gasteiger partial charge < -0.3 is 19.7 Å². The summed E-state index contributed by atoms with van der Waals surface area (Å²) in [5, 5.41) is 2.90. The monoisotopic (exact) mass is 396 g/mol. The second-order valence-electron chi connectivity index (χ2n) is 7.16. The number of carbonyl (C=O) groups excluding carboxylic acids is 2. The minimum absolute atomic E-state index is 0.00133. The topological polar surface area (TPSA) is 67.9 Å². The first-order valence-electron chi connectivity index (χ1n) is 10.0. The summed E-state index contributed by atoms with van der Waals surface area (Å²) < 4.78 is 10.5. The first-order valence-corrected chi connectivity index (χ1v) is 10.0. The van der Waals surface area contributed by atoms with Gasteiger partial charge in [-0.25, -0.2) is 0 Å². The summed E-state index contributed by atoms with van der Waals surface area (Å²) >= 11 is 0. The summed E-state index contributed by atoms with van der Waals surface area (Å²) in [5.41, 5.74) is 1.93. The highest BCUT2D eigenvalue weighted by Gasteiger charge is 2.18. The molecule has 154 valence electrons. The van der Waals surface area contributed by atoms with Gasteiger partial charge in [0.1, 0.15) is 0 Å². The molecule has 6 nitrogen and oxygen atoms in total. The Hall–Kier alpha value is -3.02. The van der Waals surface area contributed by atoms with Gasteiger partial charge in [-0.3, -0.25) is 9.59 Å². The van der Waals surface area contributed by atoms with Crippen LogP contribution in [0.2, 0.25) is 0 Å². The van der Waals surface area contributed by atoms with E-state index in [1.165, 1.54) is 12.8 Å². The van der Waals surface area contributed by atoms with Crippen molar-refractivity contribution in [1.29, 1.82) is 0 Å². The number of nitrogens with zero attached hydrogens (tertiary/aromatic N) is 1. The molecular weight excluding hydrogens is 368 g/mol. The Morgan fingerprint density at radius 2 is 1.59 bits per heavy atom. The van der Waals surface area contributed by atoms with Crippen molar-refractivity contribution < 1.29 is 19.1 Å². The van der Waals surface area contributed by atoms with Crippen molar-refractivity contribution in [2.75, 3.05) is 27.3 Å². The largest absolute Gasteiger partial charge is 0.493 e. The first kappa shape index (κ1) is 20.7. The molecule has 1 fully saturated rings. The van der Waals surface area contributed by atoms with Gasteiger partial charge >= 0.3 is 0 Å². The normalized spacial score (nSPS) is 14.1. The molecule has 1 aliphatic heterocycles. The lowest BCUT2D eigenvalue weighted by Crippen LogP contribution is -2.32. The Morgan fingerprint density at radius 1 is 0.897 bits per heavy atom. The SMILES string of the molecule is COc1ccc(CNC(=O)c2cccc(C(=O)N3CCCCCC3)c2)cc1OC. The lowest BCUT2D eigenvalue weighted by Gasteiger charge is -2.20. The van der Waals surface area contributed by atoms with Crippen molar-refractivity contribution in [3.05, 3.63) is 59.2 Å². The number of hydrogen-bond acceptors (Lipinski definition) is 4. The predicted octanol–water partition coefficient (Wildman–Crippen LogP) is 3.65. The quantitative estimate of drug-likeness (QED) is 0.809. The van der Waals surface area contributed by atoms with Crippen LogP contribution in [0.4, 0.5) is 0 Å². The first-order chi connectivity index (χ1) is 14.1. The molecule has 0 aliphatic carbocycles. The molecule has 1 N–H and O–H groups in total. The van der Waals surface area contributed by atoms with E-state index in [0.29, 0.717) is 29.2 Å². The highest BCUT2D eigenvalue weighted by molar-refractivity contribution is 5.99. The maximum atomic E-state index is 12.8. The molecule has 0 radical (unpaired) electrons. The number of methoxy groups -OCH3 is 2. The molecule has 3 rings (SSSR count). The molecule has 0 saturated carbocycles. The Kier molecular flexibility index (Phi) is 7.11. The van der Waals surface area contributed by atoms with Crippen molar-refractivity contribution in [3.63, 3.8) is 0 Å². The van der Waals surface area contributed by atoms with E-state index in [-0.39, 0.29) is 11.8 Å². The van der Waals surface area contributed by atoms with E-state index < -0.39 is 0 Å². The van der Waals surface area contributed by atoms with Crippen molar-refractivity contribution in [1.82, 2.24) is 10.2 Å². The highest BCUT2D eigenvalue weighted by Crippen LogP contribution is 2.27. The number of carbonyl (C=O) groups is 2. The average Bonchev–Trinajstić information content (AvgIpc) is 3.06. The van der Waals surface area contributed by atoms with E-state index in [1.807, 2.05) is 17.0 Å². The van der Waals surface area contributed by atoms with E-state index in [2.05, 4.69) is 5.32 Å². The van der Waals surface area contributed by atoms with E-state index in [0.717, 1.165) is 31.5 Å². The minimum Gasteiger partial charge on any atom is -0.493 e. The predicted molar refractivity (Wildman–Crippen MR) is 112 cm³/mol. The van der Waals surface area contributed by atoms with Gasteiger partial charge in [0.25, 0.3) is 11.8 Å². The number of hydrogen-bond donors (Lipinski definition) is 1. The van der Waals surface area contributed by atoms with E-state index in [4.69, 9.17) is 9.47 Å². The van der Waals surface area contributed by atoms with Crippen LogP contribution in [-0.4, -0.2) is 44.0 Å². The summed E-state index contributed by atoms with van der Waals surface area (Å²) in [4.78, 5) is 27.3. The zero-order chi connectivity index (χ0) is 20.6. The standard InChI is InChI=1S/C23H28N2O4/c1-28-20-11-10-17(14-21(20)29-2)16-24-22(26)18-8-7-9-19(15-18)23(27)25-12-5-3-4-6-13-25/h7-11,14-15H,3-6,12-13,16H2,1-2H3,(H,24,26). The summed E-state index contributed by atoms with van der Waals surface area (Å²) in [6.07, 6.45) is 4.42. The molecule has 0 bridgehead atoms. The molecule has 29 heavy (non-hydrogen) atoms. The summed E-state index contributed by atoms with van der Waals surface area (Å²) in [5.74, 6) is 1.04. The third kappa shape index (κ3) is 5.28. The van der Waals surface area contributed by atoms with Crippen LogP contribution < -0.4 is 14.8 Å². The molecule has 1 aliphatic rings. The average molecular weight is 396 g/mol. The Balaban J connectivity index is 1.65. The van der Waals surface area contributed by atoms with Gasteiger partial charge in [-0.1, -0.05) is 25.0 Å². The van der Waals surface area contributed by atoms with Crippen LogP contribution in [0.1, 0.15) is 52.0 Å². The van der Waals surface area contributed by atoms with Gasteiger partial charge in [-0.15, -0.1) is 0 Å². The number of rotatable bonds is 6. The molecule has 2 aromatic rings. The van der Waals surface area contributed by atoms with E-state index >= 15 is 0 Å². The number of ether oxygens (including phenoxy) is 2. The third-order valence-electron chi connectivity index (χ3n) is 5.17. The molecule has 0 aromatic heterocycles. The Morgan fingerprint density at radius 3 is 2.28 bits per heavy atom. The zero-order valence-corrected chi connectivity index (χ0v) is 17.1. The number of nitrogens with one attached hydrogen (secondary N) is 1. The van der Waals surface area contributed by atoms with E-state index in [9.17, 15) is 9.59 Å². The molecule has 0 atom stereocenters. The van der Waals surface area contributed by atoms with Gasteiger partial charge in [0.15, 0.2) is 11.5 Å². The Labute approximate surface area is 171 Å². The minimum atomic E-state index is -0.217. The van der Waals surface area contributed by atoms with Crippen LogP contribution in [-0.2, 0) is 6.54 Å². The number of benzene rings is 2. The number of likely N-dealkylation sites (tertiary alicyclic amines) is 1. The second-order valence-corrected chi connectivity index (χ2v) is 7.16. The maximum absolute atomic E-state index is 12.8. The lowest BCUT2D eigenvalue weighted by molar-refractivity contribution is 0.0761. The molecule has 1 heterocycles. The fraction of sp³-hybridized carbons (Fsp3) is 0.391. The van der Waals surface area contributed by atoms with Crippen molar-refractivity contribution in [2.24, 2.45) is 0 Å². The molecule has 0 unspecified atom stereocenters. The smallest absolute Gasteiger partial charge is 0.253 e. The molecule has 6 heteroatoms.